The molecule has 2 aliphatic carbocycles. The van der Waals surface area contributed by atoms with E-state index in [1.54, 1.807) is 0 Å². The molecule has 2 aliphatic heterocycles. The number of carbonyl (C=O) groups is 2. The second kappa shape index (κ2) is 9.51. The highest BCUT2D eigenvalue weighted by Gasteiger charge is 2.46. The SMILES string of the molecule is CC1=NC2=C(C(=O)C[C@@H](c3ccccc3)C2)[C@@H](c2cc3c(cc2Br)OCO3)C1C(=O)OC1CCCC1. The summed E-state index contributed by atoms with van der Waals surface area (Å²) in [5.74, 6) is -0.111. The number of Topliss-reactive ketones (excluding diaryl/α,β-unsaturated/α-hetero) is 1. The van der Waals surface area contributed by atoms with Gasteiger partial charge in [0.2, 0.25) is 6.79 Å². The monoisotopic (exact) mass is 549 g/mol. The van der Waals surface area contributed by atoms with Gasteiger partial charge in [-0.05, 0) is 68.2 Å². The number of carbonyl (C=O) groups excluding carboxylic acids is 2. The molecule has 7 heteroatoms. The quantitative estimate of drug-likeness (QED) is 0.422. The molecule has 0 spiro atoms. The fraction of sp³-hybridized carbons (Fsp3) is 0.414. The minimum atomic E-state index is -0.668. The Hall–Kier alpha value is -2.93. The molecular weight excluding hydrogens is 522 g/mol. The van der Waals surface area contributed by atoms with Gasteiger partial charge in [-0.2, -0.15) is 0 Å². The summed E-state index contributed by atoms with van der Waals surface area (Å²) in [5.41, 5.74) is 4.04. The molecule has 0 aromatic heterocycles. The van der Waals surface area contributed by atoms with Gasteiger partial charge in [0.05, 0.1) is 0 Å². The highest BCUT2D eigenvalue weighted by Crippen LogP contribution is 2.50. The van der Waals surface area contributed by atoms with Crippen LogP contribution in [0.3, 0.4) is 0 Å². The van der Waals surface area contributed by atoms with Gasteiger partial charge in [0.15, 0.2) is 17.3 Å². The molecule has 186 valence electrons. The lowest BCUT2D eigenvalue weighted by molar-refractivity contribution is -0.151. The first-order valence-electron chi connectivity index (χ1n) is 12.7. The van der Waals surface area contributed by atoms with Crippen molar-refractivity contribution in [3.63, 3.8) is 0 Å². The van der Waals surface area contributed by atoms with Crippen LogP contribution >= 0.6 is 15.9 Å². The van der Waals surface area contributed by atoms with Crippen molar-refractivity contribution in [3.05, 3.63) is 69.3 Å². The molecule has 2 heterocycles. The third-order valence-corrected chi connectivity index (χ3v) is 8.51. The van der Waals surface area contributed by atoms with Gasteiger partial charge in [-0.15, -0.1) is 0 Å². The first kappa shape index (κ1) is 23.5. The van der Waals surface area contributed by atoms with Gasteiger partial charge in [-0.3, -0.25) is 14.6 Å². The Bertz CT molecular complexity index is 1280. The normalized spacial score (nSPS) is 25.6. The lowest BCUT2D eigenvalue weighted by Gasteiger charge is -2.37. The van der Waals surface area contributed by atoms with E-state index in [1.807, 2.05) is 37.3 Å². The Morgan fingerprint density at radius 1 is 1.06 bits per heavy atom. The van der Waals surface area contributed by atoms with E-state index in [0.717, 1.165) is 47.0 Å². The first-order chi connectivity index (χ1) is 17.5. The molecule has 0 amide bonds. The summed E-state index contributed by atoms with van der Waals surface area (Å²) in [6.07, 6.45) is 4.90. The zero-order valence-electron chi connectivity index (χ0n) is 20.2. The average Bonchev–Trinajstić information content (AvgIpc) is 3.54. The van der Waals surface area contributed by atoms with Gasteiger partial charge in [-0.25, -0.2) is 0 Å². The van der Waals surface area contributed by atoms with Crippen LogP contribution in [0.15, 0.2) is 63.2 Å². The zero-order valence-corrected chi connectivity index (χ0v) is 21.8. The summed E-state index contributed by atoms with van der Waals surface area (Å²) < 4.78 is 18.0. The van der Waals surface area contributed by atoms with Crippen LogP contribution in [0.4, 0.5) is 0 Å². The maximum Gasteiger partial charge on any atom is 0.315 e. The molecule has 1 fully saturated rings. The second-order valence-electron chi connectivity index (χ2n) is 10.1. The summed E-state index contributed by atoms with van der Waals surface area (Å²) in [4.78, 5) is 32.4. The maximum atomic E-state index is 13.8. The van der Waals surface area contributed by atoms with Crippen molar-refractivity contribution in [2.24, 2.45) is 10.9 Å². The summed E-state index contributed by atoms with van der Waals surface area (Å²) in [6, 6.07) is 13.9. The number of hydrogen-bond donors (Lipinski definition) is 0. The van der Waals surface area contributed by atoms with Crippen LogP contribution in [0.2, 0.25) is 0 Å². The molecule has 4 aliphatic rings. The Balaban J connectivity index is 1.44. The molecule has 0 N–H and O–H groups in total. The summed E-state index contributed by atoms with van der Waals surface area (Å²) in [6.45, 7) is 2.03. The van der Waals surface area contributed by atoms with Gasteiger partial charge in [0.1, 0.15) is 12.0 Å². The van der Waals surface area contributed by atoms with Gasteiger partial charge >= 0.3 is 5.97 Å². The van der Waals surface area contributed by atoms with Gasteiger partial charge < -0.3 is 14.2 Å². The van der Waals surface area contributed by atoms with E-state index in [-0.39, 0.29) is 30.6 Å². The van der Waals surface area contributed by atoms with Crippen molar-refractivity contribution in [3.8, 4) is 11.5 Å². The van der Waals surface area contributed by atoms with E-state index >= 15 is 0 Å². The number of aliphatic imine (C=N–C) groups is 1. The molecule has 1 unspecified atom stereocenters. The predicted molar refractivity (Wildman–Crippen MR) is 138 cm³/mol. The number of benzene rings is 2. The molecule has 36 heavy (non-hydrogen) atoms. The van der Waals surface area contributed by atoms with Crippen molar-refractivity contribution in [2.75, 3.05) is 6.79 Å². The van der Waals surface area contributed by atoms with Gasteiger partial charge in [0, 0.05) is 33.8 Å². The van der Waals surface area contributed by atoms with E-state index < -0.39 is 11.8 Å². The van der Waals surface area contributed by atoms with Crippen LogP contribution in [0.25, 0.3) is 0 Å². The minimum Gasteiger partial charge on any atom is -0.462 e. The number of ether oxygens (including phenoxy) is 3. The van der Waals surface area contributed by atoms with E-state index in [9.17, 15) is 9.59 Å². The molecule has 2 aromatic carbocycles. The molecule has 2 aromatic rings. The largest absolute Gasteiger partial charge is 0.462 e. The highest BCUT2D eigenvalue weighted by molar-refractivity contribution is 9.10. The molecule has 3 atom stereocenters. The summed E-state index contributed by atoms with van der Waals surface area (Å²) in [7, 11) is 0. The Kier molecular flexibility index (Phi) is 6.20. The fourth-order valence-electron chi connectivity index (χ4n) is 6.08. The topological polar surface area (TPSA) is 74.2 Å². The molecule has 0 radical (unpaired) electrons. The van der Waals surface area contributed by atoms with E-state index in [0.29, 0.717) is 35.6 Å². The van der Waals surface area contributed by atoms with Gasteiger partial charge in [-0.1, -0.05) is 46.3 Å². The molecule has 6 rings (SSSR count). The van der Waals surface area contributed by atoms with Crippen LogP contribution in [0, 0.1) is 5.92 Å². The average molecular weight is 550 g/mol. The van der Waals surface area contributed by atoms with E-state index in [2.05, 4.69) is 28.1 Å². The van der Waals surface area contributed by atoms with Crippen LogP contribution < -0.4 is 9.47 Å². The van der Waals surface area contributed by atoms with Crippen LogP contribution in [0.1, 0.15) is 68.4 Å². The number of allylic oxidation sites excluding steroid dienone is 2. The Morgan fingerprint density at radius 2 is 1.78 bits per heavy atom. The maximum absolute atomic E-state index is 13.8. The van der Waals surface area contributed by atoms with Crippen molar-refractivity contribution >= 4 is 33.4 Å². The van der Waals surface area contributed by atoms with Crippen molar-refractivity contribution < 1.29 is 23.8 Å². The van der Waals surface area contributed by atoms with E-state index in [4.69, 9.17) is 19.2 Å². The number of esters is 1. The number of halogens is 1. The predicted octanol–water partition coefficient (Wildman–Crippen LogP) is 6.24. The van der Waals surface area contributed by atoms with E-state index in [1.165, 1.54) is 0 Å². The first-order valence-corrected chi connectivity index (χ1v) is 13.4. The highest BCUT2D eigenvalue weighted by atomic mass is 79.9. The molecule has 0 saturated heterocycles. The minimum absolute atomic E-state index is 0.0367. The molecule has 6 nitrogen and oxygen atoms in total. The number of fused-ring (bicyclic) bond motifs is 1. The van der Waals surface area contributed by atoms with Gasteiger partial charge in [0.25, 0.3) is 0 Å². The standard InChI is InChI=1S/C29H28BrNO5/c1-16-26(29(33)36-19-9-5-6-10-19)27(20-13-24-25(14-21(20)30)35-15-34-24)28-22(31-16)11-18(12-23(28)32)17-7-3-2-4-8-17/h2-4,7-8,13-14,18-19,26-27H,5-6,9-12,15H2,1H3/t18-,26?,27-/m0/s1. The molecule has 0 bridgehead atoms. The zero-order chi connectivity index (χ0) is 24.8. The Labute approximate surface area is 218 Å². The van der Waals surface area contributed by atoms with Crippen molar-refractivity contribution in [1.82, 2.24) is 0 Å². The van der Waals surface area contributed by atoms with Crippen molar-refractivity contribution in [2.45, 2.75) is 63.4 Å². The number of hydrogen-bond acceptors (Lipinski definition) is 6. The second-order valence-corrected chi connectivity index (χ2v) is 10.9. The van der Waals surface area contributed by atoms with Crippen molar-refractivity contribution in [1.29, 1.82) is 0 Å². The van der Waals surface area contributed by atoms with Crippen LogP contribution in [0.5, 0.6) is 11.5 Å². The Morgan fingerprint density at radius 3 is 2.53 bits per heavy atom. The number of rotatable bonds is 4. The summed E-state index contributed by atoms with van der Waals surface area (Å²) in [5, 5.41) is 0. The van der Waals surface area contributed by atoms with Crippen LogP contribution in [-0.4, -0.2) is 30.4 Å². The lowest BCUT2D eigenvalue weighted by Crippen LogP contribution is -2.39. The fourth-order valence-corrected chi connectivity index (χ4v) is 6.65. The number of nitrogens with zero attached hydrogens (tertiary/aromatic N) is 1. The number of ketones is 1. The molecule has 1 saturated carbocycles. The smallest absolute Gasteiger partial charge is 0.315 e. The third-order valence-electron chi connectivity index (χ3n) is 7.83. The lowest BCUT2D eigenvalue weighted by atomic mass is 9.69. The molecular formula is C29H28BrNO5. The van der Waals surface area contributed by atoms with Crippen LogP contribution in [-0.2, 0) is 14.3 Å². The third kappa shape index (κ3) is 4.17. The summed E-state index contributed by atoms with van der Waals surface area (Å²) >= 11 is 3.69.